The molecule has 0 aliphatic carbocycles. The summed E-state index contributed by atoms with van der Waals surface area (Å²) in [5.74, 6) is -1.23. The monoisotopic (exact) mass is 464 g/mol. The summed E-state index contributed by atoms with van der Waals surface area (Å²) in [6.45, 7) is 10.0. The third-order valence-electron chi connectivity index (χ3n) is 1.93. The van der Waals surface area contributed by atoms with Crippen molar-refractivity contribution in [3.8, 4) is 0 Å². The average molecular weight is 466 g/mol. The first-order valence-electron chi connectivity index (χ1n) is 6.04. The number of alkyl carbamates (subject to hydrolysis) is 1. The average Bonchev–Trinajstić information content (AvgIpc) is 2.37. The van der Waals surface area contributed by atoms with Crippen LogP contribution in [0.2, 0.25) is 0 Å². The maximum absolute atomic E-state index is 11.6. The number of hydrogen-bond acceptors (Lipinski definition) is 5. The molecule has 0 saturated heterocycles. The number of amides is 2. The Hall–Kier alpha value is -0.437. The number of carbonyl (C=O) groups is 3. The minimum absolute atomic E-state index is 0.559. The SMILES string of the molecule is [CH2-][C@H](NC(=O)[C@H](C)NC(=O)OC(C)(C)C)C(=O)OC.[Zn+][I]. The molecule has 9 heteroatoms. The summed E-state index contributed by atoms with van der Waals surface area (Å²) in [5.41, 5.74) is -0.652. The van der Waals surface area contributed by atoms with Gasteiger partial charge in [0.2, 0.25) is 5.91 Å². The van der Waals surface area contributed by atoms with Gasteiger partial charge in [-0.05, 0) is 27.7 Å². The standard InChI is InChI=1S/C12H21N2O5.HI.Zn/c1-7(14-11(17)19-12(3,4)5)9(15)13-8(2)10(16)18-6;;/h7-8H,2H2,1,3-6H3,(H,13,15)(H,14,17);1H;/q-1;;+2/p-1/t7-,8-;;/m0../s1. The van der Waals surface area contributed by atoms with Gasteiger partial charge in [0.25, 0.3) is 5.97 Å². The van der Waals surface area contributed by atoms with E-state index in [1.807, 2.05) is 0 Å². The van der Waals surface area contributed by atoms with Crippen molar-refractivity contribution in [2.45, 2.75) is 45.4 Å². The fourth-order valence-corrected chi connectivity index (χ4v) is 1.05. The molecule has 7 nitrogen and oxygen atoms in total. The van der Waals surface area contributed by atoms with E-state index in [0.717, 1.165) is 0 Å². The van der Waals surface area contributed by atoms with E-state index in [2.05, 4.69) is 42.0 Å². The van der Waals surface area contributed by atoms with Crippen LogP contribution in [-0.4, -0.2) is 42.8 Å². The van der Waals surface area contributed by atoms with Crippen molar-refractivity contribution in [2.75, 3.05) is 7.11 Å². The molecule has 2 atom stereocenters. The number of esters is 1. The Bertz CT molecular complexity index is 360. The number of halogens is 1. The van der Waals surface area contributed by atoms with Gasteiger partial charge < -0.3 is 27.0 Å². The number of carbonyl (C=O) groups excluding carboxylic acids is 3. The molecule has 0 rings (SSSR count). The molecule has 0 aromatic heterocycles. The molecule has 0 aliphatic heterocycles. The van der Waals surface area contributed by atoms with E-state index in [1.165, 1.54) is 28.8 Å². The first-order chi connectivity index (χ1) is 9.56. The van der Waals surface area contributed by atoms with E-state index in [-0.39, 0.29) is 0 Å². The summed E-state index contributed by atoms with van der Waals surface area (Å²) in [4.78, 5) is 34.1. The van der Waals surface area contributed by atoms with Gasteiger partial charge in [-0.3, -0.25) is 9.59 Å². The fourth-order valence-electron chi connectivity index (χ4n) is 1.05. The van der Waals surface area contributed by atoms with Gasteiger partial charge in [0, 0.05) is 6.04 Å². The predicted molar refractivity (Wildman–Crippen MR) is 82.2 cm³/mol. The number of nitrogens with one attached hydrogen (secondary N) is 2. The Morgan fingerprint density at radius 1 is 1.19 bits per heavy atom. The van der Waals surface area contributed by atoms with Crippen LogP contribution in [0.15, 0.2) is 0 Å². The third-order valence-corrected chi connectivity index (χ3v) is 1.93. The Morgan fingerprint density at radius 2 is 1.67 bits per heavy atom. The number of ether oxygens (including phenoxy) is 2. The first-order valence-corrected chi connectivity index (χ1v) is 15.1. The molecule has 0 spiro atoms. The molecule has 0 radical (unpaired) electrons. The normalized spacial score (nSPS) is 13.0. The van der Waals surface area contributed by atoms with Crippen LogP contribution in [-0.2, 0) is 33.9 Å². The summed E-state index contributed by atoms with van der Waals surface area (Å²) in [6, 6.07) is -1.89. The second-order valence-electron chi connectivity index (χ2n) is 4.95. The summed E-state index contributed by atoms with van der Waals surface area (Å²) in [6.07, 6.45) is -0.714. The molecule has 0 aromatic carbocycles. The second-order valence-corrected chi connectivity index (χ2v) is 4.95. The summed E-state index contributed by atoms with van der Waals surface area (Å²) in [7, 11) is 1.19. The van der Waals surface area contributed by atoms with Gasteiger partial charge in [0.15, 0.2) is 0 Å². The molecular weight excluding hydrogens is 444 g/mol. The van der Waals surface area contributed by atoms with E-state index in [1.54, 1.807) is 20.8 Å². The zero-order chi connectivity index (χ0) is 17.2. The van der Waals surface area contributed by atoms with Crippen molar-refractivity contribution in [2.24, 2.45) is 0 Å². The number of rotatable bonds is 4. The minimum atomic E-state index is -1.03. The first kappa shape index (κ1) is 22.8. The number of methoxy groups -OCH3 is 1. The van der Waals surface area contributed by atoms with Gasteiger partial charge in [0.1, 0.15) is 11.6 Å². The molecule has 21 heavy (non-hydrogen) atoms. The molecule has 0 aliphatic rings. The Labute approximate surface area is 146 Å². The van der Waals surface area contributed by atoms with Crippen LogP contribution in [0.5, 0.6) is 0 Å². The molecule has 0 unspecified atom stereocenters. The van der Waals surface area contributed by atoms with Gasteiger partial charge in [0.05, 0.1) is 7.11 Å². The third kappa shape index (κ3) is 11.9. The summed E-state index contributed by atoms with van der Waals surface area (Å²) >= 11 is 3.62. The molecule has 0 saturated carbocycles. The Morgan fingerprint density at radius 3 is 2.05 bits per heavy atom. The van der Waals surface area contributed by atoms with Gasteiger partial charge in [-0.15, -0.1) is 0 Å². The number of hydrogen-bond donors (Lipinski definition) is 2. The Kier molecular flexibility index (Phi) is 12.2. The van der Waals surface area contributed by atoms with Crippen molar-refractivity contribution in [1.29, 1.82) is 0 Å². The van der Waals surface area contributed by atoms with E-state index < -0.39 is 35.7 Å². The summed E-state index contributed by atoms with van der Waals surface area (Å²) in [5, 5.41) is 4.65. The van der Waals surface area contributed by atoms with Crippen LogP contribution >= 0.6 is 19.8 Å². The van der Waals surface area contributed by atoms with Crippen LogP contribution in [0.4, 0.5) is 4.79 Å². The molecule has 0 bridgehead atoms. The molecule has 118 valence electrons. The van der Waals surface area contributed by atoms with Crippen molar-refractivity contribution < 1.29 is 38.6 Å². The van der Waals surface area contributed by atoms with Crippen LogP contribution < -0.4 is 10.6 Å². The van der Waals surface area contributed by atoms with Crippen molar-refractivity contribution in [3.05, 3.63) is 6.92 Å². The van der Waals surface area contributed by atoms with E-state index in [9.17, 15) is 14.4 Å². The maximum atomic E-state index is 11.6. The topological polar surface area (TPSA) is 93.7 Å². The van der Waals surface area contributed by atoms with Crippen molar-refractivity contribution in [3.63, 3.8) is 0 Å². The molecule has 2 N–H and O–H groups in total. The zero-order valence-electron chi connectivity index (χ0n) is 13.0. The molecule has 0 fully saturated rings. The molecule has 0 heterocycles. The summed E-state index contributed by atoms with van der Waals surface area (Å²) < 4.78 is 9.41. The van der Waals surface area contributed by atoms with Crippen molar-refractivity contribution in [1.82, 2.24) is 10.6 Å². The van der Waals surface area contributed by atoms with E-state index in [4.69, 9.17) is 4.74 Å². The predicted octanol–water partition coefficient (Wildman–Crippen LogP) is 1.27. The van der Waals surface area contributed by atoms with Crippen LogP contribution in [0.1, 0.15) is 27.7 Å². The van der Waals surface area contributed by atoms with Crippen LogP contribution in [0.25, 0.3) is 0 Å². The molecule has 2 amide bonds. The van der Waals surface area contributed by atoms with Gasteiger partial charge in [-0.2, -0.15) is 0 Å². The quantitative estimate of drug-likeness (QED) is 0.282. The fraction of sp³-hybridized carbons (Fsp3) is 0.667. The van der Waals surface area contributed by atoms with Gasteiger partial charge in [-0.25, -0.2) is 4.79 Å². The van der Waals surface area contributed by atoms with Crippen molar-refractivity contribution >= 4 is 37.7 Å². The Balaban J connectivity index is 0. The second kappa shape index (κ2) is 11.2. The van der Waals surface area contributed by atoms with Crippen LogP contribution in [0.3, 0.4) is 0 Å². The van der Waals surface area contributed by atoms with E-state index in [0.29, 0.717) is 0 Å². The molecular formula is C12H21IN2O5Zn. The van der Waals surface area contributed by atoms with Crippen LogP contribution in [0, 0.1) is 6.92 Å². The molecule has 0 aromatic rings. The van der Waals surface area contributed by atoms with Gasteiger partial charge >= 0.3 is 40.6 Å². The van der Waals surface area contributed by atoms with E-state index >= 15 is 0 Å². The van der Waals surface area contributed by atoms with Gasteiger partial charge in [-0.1, -0.05) is 0 Å². The zero-order valence-corrected chi connectivity index (χ0v) is 18.1.